The van der Waals surface area contributed by atoms with E-state index in [0.717, 1.165) is 29.6 Å². The van der Waals surface area contributed by atoms with Gasteiger partial charge < -0.3 is 20.1 Å². The van der Waals surface area contributed by atoms with Gasteiger partial charge in [0, 0.05) is 25.3 Å². The topological polar surface area (TPSA) is 72.5 Å². The molecule has 0 aliphatic carbocycles. The van der Waals surface area contributed by atoms with Gasteiger partial charge >= 0.3 is 0 Å². The summed E-state index contributed by atoms with van der Waals surface area (Å²) in [5.74, 6) is 0. The normalized spacial score (nSPS) is 11.0. The van der Waals surface area contributed by atoms with E-state index in [1.54, 1.807) is 6.26 Å². The van der Waals surface area contributed by atoms with Crippen LogP contribution in [0.5, 0.6) is 0 Å². The third-order valence-electron chi connectivity index (χ3n) is 2.90. The van der Waals surface area contributed by atoms with Crippen molar-refractivity contribution in [2.45, 2.75) is 33.1 Å². The molecule has 0 bridgehead atoms. The molecular weight excluding hydrogens is 314 g/mol. The maximum Gasteiger partial charge on any atom is 0.278 e. The van der Waals surface area contributed by atoms with Crippen LogP contribution in [-0.2, 0) is 22.7 Å². The summed E-state index contributed by atoms with van der Waals surface area (Å²) < 4.78 is 11.0. The molecule has 0 saturated carbocycles. The highest BCUT2D eigenvalue weighted by Gasteiger charge is 1.99. The quantitative estimate of drug-likeness (QED) is 0.601. The van der Waals surface area contributed by atoms with Crippen LogP contribution in [0.15, 0.2) is 18.3 Å². The molecule has 0 saturated heterocycles. The SMILES string of the molecule is CSC(=O)NCCOCc1ccc(COCCNC(C)C)cn1. The Bertz CT molecular complexity index is 441. The number of carbonyl (C=O) groups is 1. The van der Waals surface area contributed by atoms with E-state index in [1.807, 2.05) is 18.3 Å². The molecule has 1 amide bonds. The van der Waals surface area contributed by atoms with Gasteiger partial charge in [-0.15, -0.1) is 0 Å². The molecule has 0 atom stereocenters. The monoisotopic (exact) mass is 341 g/mol. The predicted octanol–water partition coefficient (Wildman–Crippen LogP) is 2.19. The first kappa shape index (κ1) is 19.9. The minimum atomic E-state index is -0.0420. The molecule has 23 heavy (non-hydrogen) atoms. The van der Waals surface area contributed by atoms with Crippen molar-refractivity contribution >= 4 is 17.0 Å². The summed E-state index contributed by atoms with van der Waals surface area (Å²) >= 11 is 1.16. The molecule has 0 aromatic carbocycles. The van der Waals surface area contributed by atoms with Gasteiger partial charge in [-0.2, -0.15) is 0 Å². The zero-order valence-corrected chi connectivity index (χ0v) is 14.9. The molecule has 1 aromatic rings. The van der Waals surface area contributed by atoms with E-state index < -0.39 is 0 Å². The lowest BCUT2D eigenvalue weighted by Crippen LogP contribution is -2.26. The zero-order chi connectivity index (χ0) is 16.9. The molecule has 1 heterocycles. The van der Waals surface area contributed by atoms with E-state index in [2.05, 4.69) is 29.5 Å². The standard InChI is InChI=1S/C16H27N3O3S/c1-13(2)17-6-8-21-11-14-4-5-15(19-10-14)12-22-9-7-18-16(20)23-3/h4-5,10,13,17H,6-9,11-12H2,1-3H3,(H,18,20). The molecule has 0 aliphatic rings. The fourth-order valence-corrected chi connectivity index (χ4v) is 1.96. The summed E-state index contributed by atoms with van der Waals surface area (Å²) in [6, 6.07) is 4.41. The Labute approximate surface area is 142 Å². The molecule has 2 N–H and O–H groups in total. The molecule has 0 spiro atoms. The summed E-state index contributed by atoms with van der Waals surface area (Å²) in [7, 11) is 0. The van der Waals surface area contributed by atoms with Crippen molar-refractivity contribution in [2.75, 3.05) is 32.6 Å². The fourth-order valence-electron chi connectivity index (χ4n) is 1.71. The van der Waals surface area contributed by atoms with Crippen molar-refractivity contribution in [1.29, 1.82) is 0 Å². The minimum Gasteiger partial charge on any atom is -0.375 e. The summed E-state index contributed by atoms with van der Waals surface area (Å²) in [4.78, 5) is 15.4. The minimum absolute atomic E-state index is 0.0420. The molecule has 0 aliphatic heterocycles. The lowest BCUT2D eigenvalue weighted by molar-refractivity contribution is 0.119. The summed E-state index contributed by atoms with van der Waals surface area (Å²) in [5.41, 5.74) is 1.91. The van der Waals surface area contributed by atoms with E-state index in [4.69, 9.17) is 9.47 Å². The van der Waals surface area contributed by atoms with E-state index in [0.29, 0.717) is 39.0 Å². The maximum absolute atomic E-state index is 11.0. The lowest BCUT2D eigenvalue weighted by atomic mass is 10.2. The van der Waals surface area contributed by atoms with Crippen LogP contribution in [0.3, 0.4) is 0 Å². The highest BCUT2D eigenvalue weighted by Crippen LogP contribution is 2.03. The van der Waals surface area contributed by atoms with Crippen molar-refractivity contribution in [3.05, 3.63) is 29.6 Å². The van der Waals surface area contributed by atoms with Crippen LogP contribution in [0.2, 0.25) is 0 Å². The Morgan fingerprint density at radius 2 is 1.96 bits per heavy atom. The molecule has 0 fully saturated rings. The van der Waals surface area contributed by atoms with E-state index >= 15 is 0 Å². The van der Waals surface area contributed by atoms with Crippen LogP contribution >= 0.6 is 11.8 Å². The van der Waals surface area contributed by atoms with Gasteiger partial charge in [0.05, 0.1) is 32.1 Å². The Kier molecular flexibility index (Phi) is 10.6. The Morgan fingerprint density at radius 3 is 2.61 bits per heavy atom. The third kappa shape index (κ3) is 10.3. The lowest BCUT2D eigenvalue weighted by Gasteiger charge is -2.09. The second kappa shape index (κ2) is 12.3. The van der Waals surface area contributed by atoms with Crippen LogP contribution in [0.4, 0.5) is 4.79 Å². The smallest absolute Gasteiger partial charge is 0.278 e. The number of nitrogens with zero attached hydrogens (tertiary/aromatic N) is 1. The van der Waals surface area contributed by atoms with Crippen molar-refractivity contribution in [3.63, 3.8) is 0 Å². The average molecular weight is 341 g/mol. The molecule has 0 unspecified atom stereocenters. The van der Waals surface area contributed by atoms with Gasteiger partial charge in [-0.25, -0.2) is 0 Å². The third-order valence-corrected chi connectivity index (χ3v) is 3.42. The Balaban J connectivity index is 2.12. The van der Waals surface area contributed by atoms with Gasteiger partial charge in [0.15, 0.2) is 0 Å². The second-order valence-electron chi connectivity index (χ2n) is 5.29. The number of ether oxygens (including phenoxy) is 2. The number of nitrogens with one attached hydrogen (secondary N) is 2. The first-order valence-corrected chi connectivity index (χ1v) is 8.98. The molecular formula is C16H27N3O3S. The Morgan fingerprint density at radius 1 is 1.22 bits per heavy atom. The Hall–Kier alpha value is -1.15. The summed E-state index contributed by atoms with van der Waals surface area (Å²) in [6.07, 6.45) is 3.55. The first-order chi connectivity index (χ1) is 11.1. The van der Waals surface area contributed by atoms with Crippen LogP contribution < -0.4 is 10.6 Å². The number of hydrogen-bond acceptors (Lipinski definition) is 6. The molecule has 1 rings (SSSR count). The maximum atomic E-state index is 11.0. The number of rotatable bonds is 11. The summed E-state index contributed by atoms with van der Waals surface area (Å²) in [6.45, 7) is 7.75. The van der Waals surface area contributed by atoms with Crippen LogP contribution in [0.1, 0.15) is 25.1 Å². The number of hydrogen-bond donors (Lipinski definition) is 2. The van der Waals surface area contributed by atoms with Crippen LogP contribution in [-0.4, -0.2) is 48.8 Å². The number of pyridine rings is 1. The predicted molar refractivity (Wildman–Crippen MR) is 93.6 cm³/mol. The number of carbonyl (C=O) groups excluding carboxylic acids is 1. The van der Waals surface area contributed by atoms with Crippen molar-refractivity contribution < 1.29 is 14.3 Å². The van der Waals surface area contributed by atoms with Crippen LogP contribution in [0, 0.1) is 0 Å². The number of thioether (sulfide) groups is 1. The molecule has 1 aromatic heterocycles. The van der Waals surface area contributed by atoms with Gasteiger partial charge in [0.2, 0.25) is 0 Å². The first-order valence-electron chi connectivity index (χ1n) is 7.76. The highest BCUT2D eigenvalue weighted by molar-refractivity contribution is 8.12. The highest BCUT2D eigenvalue weighted by atomic mass is 32.2. The van der Waals surface area contributed by atoms with Gasteiger partial charge in [-0.05, 0) is 17.9 Å². The van der Waals surface area contributed by atoms with Crippen molar-refractivity contribution in [1.82, 2.24) is 15.6 Å². The second-order valence-corrected chi connectivity index (χ2v) is 6.07. The molecule has 7 heteroatoms. The molecule has 130 valence electrons. The van der Waals surface area contributed by atoms with Crippen LogP contribution in [0.25, 0.3) is 0 Å². The summed E-state index contributed by atoms with van der Waals surface area (Å²) in [5, 5.41) is 5.98. The van der Waals surface area contributed by atoms with E-state index in [-0.39, 0.29) is 5.24 Å². The fraction of sp³-hybridized carbons (Fsp3) is 0.625. The zero-order valence-electron chi connectivity index (χ0n) is 14.1. The van der Waals surface area contributed by atoms with E-state index in [9.17, 15) is 4.79 Å². The molecule has 6 nitrogen and oxygen atoms in total. The van der Waals surface area contributed by atoms with Gasteiger partial charge in [0.25, 0.3) is 5.24 Å². The van der Waals surface area contributed by atoms with Crippen molar-refractivity contribution in [2.24, 2.45) is 0 Å². The van der Waals surface area contributed by atoms with Gasteiger partial charge in [-0.3, -0.25) is 9.78 Å². The van der Waals surface area contributed by atoms with Gasteiger partial charge in [-0.1, -0.05) is 31.7 Å². The van der Waals surface area contributed by atoms with E-state index in [1.165, 1.54) is 0 Å². The van der Waals surface area contributed by atoms with Gasteiger partial charge in [0.1, 0.15) is 0 Å². The largest absolute Gasteiger partial charge is 0.375 e. The van der Waals surface area contributed by atoms with Crippen molar-refractivity contribution in [3.8, 4) is 0 Å². The molecule has 0 radical (unpaired) electrons. The number of amides is 1. The average Bonchev–Trinajstić information content (AvgIpc) is 2.55. The number of aromatic nitrogens is 1.